The van der Waals surface area contributed by atoms with Crippen LogP contribution in [0.25, 0.3) is 0 Å². The van der Waals surface area contributed by atoms with Crippen molar-refractivity contribution in [1.29, 1.82) is 0 Å². The highest BCUT2D eigenvalue weighted by Gasteiger charge is 2.33. The lowest BCUT2D eigenvalue weighted by Crippen LogP contribution is -2.29. The number of rotatable bonds is 3. The summed E-state index contributed by atoms with van der Waals surface area (Å²) < 4.78 is 27.7. The van der Waals surface area contributed by atoms with Gasteiger partial charge in [0.1, 0.15) is 5.82 Å². The Labute approximate surface area is 106 Å². The topological polar surface area (TPSA) is 55.2 Å². The fourth-order valence-electron chi connectivity index (χ4n) is 1.96. The van der Waals surface area contributed by atoms with E-state index in [0.717, 1.165) is 0 Å². The Balaban J connectivity index is 2.31. The fourth-order valence-corrected chi connectivity index (χ4v) is 3.80. The third-order valence-electron chi connectivity index (χ3n) is 2.99. The number of nitrogens with zero attached hydrogens (tertiary/aromatic N) is 3. The van der Waals surface area contributed by atoms with Gasteiger partial charge >= 0.3 is 0 Å². The highest BCUT2D eigenvalue weighted by atomic mass is 35.5. The number of hydrogen-bond acceptors (Lipinski definition) is 3. The van der Waals surface area contributed by atoms with Gasteiger partial charge in [-0.25, -0.2) is 13.4 Å². The van der Waals surface area contributed by atoms with Crippen LogP contribution in [0.1, 0.15) is 19.2 Å². The van der Waals surface area contributed by atoms with E-state index < -0.39 is 10.0 Å². The molecule has 1 saturated heterocycles. The predicted octanol–water partition coefficient (Wildman–Crippen LogP) is 1.21. The van der Waals surface area contributed by atoms with Crippen molar-refractivity contribution in [2.75, 3.05) is 13.1 Å². The first-order valence-corrected chi connectivity index (χ1v) is 7.50. The van der Waals surface area contributed by atoms with Gasteiger partial charge in [0.15, 0.2) is 5.03 Å². The number of alkyl halides is 1. The number of aromatic nitrogens is 2. The monoisotopic (exact) mass is 277 g/mol. The van der Waals surface area contributed by atoms with Crippen molar-refractivity contribution in [3.63, 3.8) is 0 Å². The van der Waals surface area contributed by atoms with Gasteiger partial charge in [-0.15, -0.1) is 11.6 Å². The molecule has 1 aliphatic rings. The maximum atomic E-state index is 12.3. The van der Waals surface area contributed by atoms with Gasteiger partial charge < -0.3 is 4.57 Å². The molecule has 1 aliphatic heterocycles. The van der Waals surface area contributed by atoms with E-state index in [0.29, 0.717) is 31.9 Å². The van der Waals surface area contributed by atoms with Crippen LogP contribution in [-0.4, -0.2) is 40.7 Å². The molecule has 0 aromatic carbocycles. The molecule has 0 amide bonds. The number of halogens is 1. The van der Waals surface area contributed by atoms with Crippen molar-refractivity contribution in [3.05, 3.63) is 12.0 Å². The summed E-state index contributed by atoms with van der Waals surface area (Å²) in [7, 11) is -3.47. The highest BCUT2D eigenvalue weighted by Crippen LogP contribution is 2.23. The molecule has 2 rings (SSSR count). The molecule has 0 aliphatic carbocycles. The maximum absolute atomic E-state index is 12.3. The Kier molecular flexibility index (Phi) is 3.47. The average molecular weight is 278 g/mol. The molecule has 2 heterocycles. The summed E-state index contributed by atoms with van der Waals surface area (Å²) in [4.78, 5) is 4.11. The molecule has 0 N–H and O–H groups in total. The Morgan fingerprint density at radius 3 is 2.76 bits per heavy atom. The smallest absolute Gasteiger partial charge is 0.262 e. The van der Waals surface area contributed by atoms with Crippen LogP contribution in [0.3, 0.4) is 0 Å². The van der Waals surface area contributed by atoms with Crippen molar-refractivity contribution in [1.82, 2.24) is 13.9 Å². The second-order valence-electron chi connectivity index (χ2n) is 4.16. The van der Waals surface area contributed by atoms with E-state index >= 15 is 0 Å². The summed E-state index contributed by atoms with van der Waals surface area (Å²) in [5.41, 5.74) is 0. The minimum atomic E-state index is -3.47. The van der Waals surface area contributed by atoms with E-state index in [1.165, 1.54) is 4.31 Å². The van der Waals surface area contributed by atoms with Crippen LogP contribution >= 0.6 is 11.6 Å². The molecule has 0 spiro atoms. The van der Waals surface area contributed by atoms with Gasteiger partial charge in [-0.3, -0.25) is 0 Å². The molecule has 0 saturated carbocycles. The summed E-state index contributed by atoms with van der Waals surface area (Å²) in [6.45, 7) is 5.33. The summed E-state index contributed by atoms with van der Waals surface area (Å²) >= 11 is 5.93. The zero-order valence-electron chi connectivity index (χ0n) is 9.93. The maximum Gasteiger partial charge on any atom is 0.262 e. The van der Waals surface area contributed by atoms with Gasteiger partial charge in [0.25, 0.3) is 10.0 Å². The fraction of sp³-hybridized carbons (Fsp3) is 0.700. The van der Waals surface area contributed by atoms with Crippen LogP contribution in [-0.2, 0) is 16.6 Å². The third kappa shape index (κ3) is 2.34. The van der Waals surface area contributed by atoms with Crippen LogP contribution in [0.15, 0.2) is 11.2 Å². The summed E-state index contributed by atoms with van der Waals surface area (Å²) in [6.07, 6.45) is 2.29. The Bertz CT molecular complexity index is 512. The molecule has 0 radical (unpaired) electrons. The summed E-state index contributed by atoms with van der Waals surface area (Å²) in [5.74, 6) is 0.715. The number of imidazole rings is 1. The molecule has 96 valence electrons. The van der Waals surface area contributed by atoms with E-state index in [-0.39, 0.29) is 10.4 Å². The van der Waals surface area contributed by atoms with Gasteiger partial charge in [-0.05, 0) is 20.3 Å². The number of aryl methyl sites for hydroxylation is 2. The molecule has 17 heavy (non-hydrogen) atoms. The second-order valence-corrected chi connectivity index (χ2v) is 6.66. The number of sulfonamides is 1. The van der Waals surface area contributed by atoms with Crippen LogP contribution < -0.4 is 0 Å². The van der Waals surface area contributed by atoms with E-state index in [2.05, 4.69) is 4.98 Å². The second kappa shape index (κ2) is 4.59. The van der Waals surface area contributed by atoms with Gasteiger partial charge in [0.2, 0.25) is 0 Å². The van der Waals surface area contributed by atoms with Gasteiger partial charge in [0, 0.05) is 31.2 Å². The van der Waals surface area contributed by atoms with Gasteiger partial charge in [0.05, 0.1) is 0 Å². The molecular formula is C10H16ClN3O2S. The molecule has 1 unspecified atom stereocenters. The zero-order chi connectivity index (χ0) is 12.6. The van der Waals surface area contributed by atoms with E-state index in [1.54, 1.807) is 13.1 Å². The minimum absolute atomic E-state index is 0.0841. The first-order valence-electron chi connectivity index (χ1n) is 5.63. The standard InChI is InChI=1S/C10H16ClN3O2S/c1-3-13-7-10(12-8(13)2)17(15,16)14-5-4-9(11)6-14/h7,9H,3-6H2,1-2H3. The van der Waals surface area contributed by atoms with Crippen molar-refractivity contribution in [2.45, 2.75) is 37.2 Å². The van der Waals surface area contributed by atoms with Crippen molar-refractivity contribution < 1.29 is 8.42 Å². The molecule has 1 fully saturated rings. The predicted molar refractivity (Wildman–Crippen MR) is 65.7 cm³/mol. The lowest BCUT2D eigenvalue weighted by Gasteiger charge is -2.13. The molecule has 7 heteroatoms. The van der Waals surface area contributed by atoms with Crippen molar-refractivity contribution in [3.8, 4) is 0 Å². The van der Waals surface area contributed by atoms with Gasteiger partial charge in [-0.1, -0.05) is 0 Å². The Morgan fingerprint density at radius 1 is 1.59 bits per heavy atom. The first kappa shape index (κ1) is 12.9. The lowest BCUT2D eigenvalue weighted by atomic mass is 10.4. The SMILES string of the molecule is CCn1cc(S(=O)(=O)N2CCC(Cl)C2)nc1C. The number of hydrogen-bond donors (Lipinski definition) is 0. The molecular weight excluding hydrogens is 262 g/mol. The highest BCUT2D eigenvalue weighted by molar-refractivity contribution is 7.89. The Morgan fingerprint density at radius 2 is 2.29 bits per heavy atom. The van der Waals surface area contributed by atoms with E-state index in [4.69, 9.17) is 11.6 Å². The summed E-state index contributed by atoms with van der Waals surface area (Å²) in [5, 5.41) is 0.0433. The minimum Gasteiger partial charge on any atom is -0.334 e. The Hall–Kier alpha value is -0.590. The van der Waals surface area contributed by atoms with Crippen LogP contribution in [0.2, 0.25) is 0 Å². The molecule has 1 atom stereocenters. The lowest BCUT2D eigenvalue weighted by molar-refractivity contribution is 0.475. The van der Waals surface area contributed by atoms with E-state index in [1.807, 2.05) is 11.5 Å². The van der Waals surface area contributed by atoms with Crippen molar-refractivity contribution in [2.24, 2.45) is 0 Å². The van der Waals surface area contributed by atoms with Crippen LogP contribution in [0.4, 0.5) is 0 Å². The first-order chi connectivity index (χ1) is 7.95. The van der Waals surface area contributed by atoms with E-state index in [9.17, 15) is 8.42 Å². The van der Waals surface area contributed by atoms with Crippen LogP contribution in [0, 0.1) is 6.92 Å². The average Bonchev–Trinajstić information content (AvgIpc) is 2.85. The quantitative estimate of drug-likeness (QED) is 0.781. The zero-order valence-corrected chi connectivity index (χ0v) is 11.5. The molecule has 1 aromatic rings. The molecule has 5 nitrogen and oxygen atoms in total. The van der Waals surface area contributed by atoms with Gasteiger partial charge in [-0.2, -0.15) is 4.31 Å². The normalized spacial score (nSPS) is 22.2. The van der Waals surface area contributed by atoms with Crippen molar-refractivity contribution >= 4 is 21.6 Å². The largest absolute Gasteiger partial charge is 0.334 e. The molecule has 1 aromatic heterocycles. The molecule has 0 bridgehead atoms. The third-order valence-corrected chi connectivity index (χ3v) is 5.09. The van der Waals surface area contributed by atoms with Crippen LogP contribution in [0.5, 0.6) is 0 Å². The summed E-state index contributed by atoms with van der Waals surface area (Å²) in [6, 6.07) is 0.